The number of hydrogen-bond donors (Lipinski definition) is 1. The van der Waals surface area contributed by atoms with Gasteiger partial charge in [-0.3, -0.25) is 18.9 Å². The smallest absolute Gasteiger partial charge is 0.267 e. The molecule has 1 amide bonds. The summed E-state index contributed by atoms with van der Waals surface area (Å²) in [5, 5.41) is 3.30. The van der Waals surface area contributed by atoms with Crippen molar-refractivity contribution >= 4 is 51.7 Å². The Morgan fingerprint density at radius 1 is 1.12 bits per heavy atom. The highest BCUT2D eigenvalue weighted by atomic mass is 32.2. The minimum atomic E-state index is -0.230. The first-order valence-corrected chi connectivity index (χ1v) is 11.7. The number of anilines is 1. The minimum absolute atomic E-state index is 0.165. The van der Waals surface area contributed by atoms with Crippen LogP contribution in [0.25, 0.3) is 11.7 Å². The van der Waals surface area contributed by atoms with Crippen molar-refractivity contribution in [2.24, 2.45) is 5.92 Å². The van der Waals surface area contributed by atoms with Crippen LogP contribution in [0.5, 0.6) is 0 Å². The summed E-state index contributed by atoms with van der Waals surface area (Å²) < 4.78 is 2.01. The number of carbonyl (C=O) groups is 1. The van der Waals surface area contributed by atoms with E-state index in [1.54, 1.807) is 29.3 Å². The number of aromatic nitrogens is 2. The van der Waals surface area contributed by atoms with Gasteiger partial charge in [-0.1, -0.05) is 74.2 Å². The summed E-state index contributed by atoms with van der Waals surface area (Å²) in [7, 11) is 0. The molecule has 0 spiro atoms. The molecule has 4 rings (SSSR count). The molecule has 2 aromatic heterocycles. The van der Waals surface area contributed by atoms with Gasteiger partial charge in [0.05, 0.1) is 10.5 Å². The zero-order valence-corrected chi connectivity index (χ0v) is 19.6. The van der Waals surface area contributed by atoms with Crippen molar-refractivity contribution in [3.63, 3.8) is 0 Å². The summed E-state index contributed by atoms with van der Waals surface area (Å²) in [5.74, 6) is 0.591. The molecule has 1 fully saturated rings. The van der Waals surface area contributed by atoms with Crippen molar-refractivity contribution in [3.05, 3.63) is 81.1 Å². The fourth-order valence-electron chi connectivity index (χ4n) is 3.49. The second-order valence-corrected chi connectivity index (χ2v) is 9.63. The zero-order valence-electron chi connectivity index (χ0n) is 17.9. The molecule has 164 valence electrons. The van der Waals surface area contributed by atoms with Crippen molar-refractivity contribution in [1.82, 2.24) is 14.3 Å². The van der Waals surface area contributed by atoms with Gasteiger partial charge in [0.25, 0.3) is 11.5 Å². The summed E-state index contributed by atoms with van der Waals surface area (Å²) >= 11 is 6.64. The molecule has 0 bridgehead atoms. The van der Waals surface area contributed by atoms with Crippen LogP contribution in [0.2, 0.25) is 0 Å². The Kier molecular flexibility index (Phi) is 6.72. The van der Waals surface area contributed by atoms with Gasteiger partial charge in [0, 0.05) is 19.3 Å². The van der Waals surface area contributed by atoms with E-state index in [0.29, 0.717) is 45.3 Å². The van der Waals surface area contributed by atoms with Gasteiger partial charge in [-0.05, 0) is 36.1 Å². The number of thioether (sulfide) groups is 1. The third kappa shape index (κ3) is 4.76. The average Bonchev–Trinajstić information content (AvgIpc) is 3.04. The number of nitrogens with one attached hydrogen (secondary N) is 1. The molecule has 0 saturated carbocycles. The van der Waals surface area contributed by atoms with Gasteiger partial charge in [0.1, 0.15) is 15.8 Å². The van der Waals surface area contributed by atoms with Crippen LogP contribution in [0.3, 0.4) is 0 Å². The van der Waals surface area contributed by atoms with Crippen LogP contribution in [0.4, 0.5) is 5.82 Å². The second kappa shape index (κ2) is 9.67. The van der Waals surface area contributed by atoms with E-state index in [2.05, 4.69) is 22.4 Å². The minimum Gasteiger partial charge on any atom is -0.369 e. The van der Waals surface area contributed by atoms with Crippen molar-refractivity contribution in [1.29, 1.82) is 0 Å². The van der Waals surface area contributed by atoms with Crippen LogP contribution in [0, 0.1) is 5.92 Å². The van der Waals surface area contributed by atoms with Gasteiger partial charge in [-0.2, -0.15) is 0 Å². The number of hydrogen-bond acceptors (Lipinski definition) is 6. The first-order chi connectivity index (χ1) is 15.4. The number of thiocarbonyl (C=S) groups is 1. The van der Waals surface area contributed by atoms with Crippen LogP contribution in [0.15, 0.2) is 64.4 Å². The highest BCUT2D eigenvalue weighted by Gasteiger charge is 2.32. The second-order valence-electron chi connectivity index (χ2n) is 7.96. The molecule has 1 aromatic carbocycles. The van der Waals surface area contributed by atoms with Crippen molar-refractivity contribution in [3.8, 4) is 0 Å². The molecule has 1 aliphatic heterocycles. The Bertz CT molecular complexity index is 1250. The van der Waals surface area contributed by atoms with E-state index in [9.17, 15) is 9.59 Å². The van der Waals surface area contributed by atoms with Crippen molar-refractivity contribution < 1.29 is 4.79 Å². The molecule has 0 radical (unpaired) electrons. The molecule has 3 aromatic rings. The molecule has 8 heteroatoms. The fourth-order valence-corrected chi connectivity index (χ4v) is 4.75. The Hall–Kier alpha value is -2.97. The van der Waals surface area contributed by atoms with Gasteiger partial charge < -0.3 is 5.32 Å². The first-order valence-electron chi connectivity index (χ1n) is 10.5. The lowest BCUT2D eigenvalue weighted by Gasteiger charge is -2.16. The maximum absolute atomic E-state index is 13.3. The highest BCUT2D eigenvalue weighted by molar-refractivity contribution is 8.26. The predicted molar refractivity (Wildman–Crippen MR) is 135 cm³/mol. The maximum Gasteiger partial charge on any atom is 0.267 e. The standard InChI is InChI=1S/C24H24N4O2S2/c1-16(2)15-28-23(30)19(32-24(28)31)14-18-21(25-12-11-17-8-4-3-5-9-17)26-20-10-6-7-13-27(20)22(18)29/h3-10,13-14,16,25H,11-12,15H2,1-2H3/b19-14+. The topological polar surface area (TPSA) is 66.7 Å². The fraction of sp³-hybridized carbons (Fsp3) is 0.250. The average molecular weight is 465 g/mol. The Morgan fingerprint density at radius 2 is 1.88 bits per heavy atom. The Morgan fingerprint density at radius 3 is 2.62 bits per heavy atom. The first kappa shape index (κ1) is 22.2. The lowest BCUT2D eigenvalue weighted by molar-refractivity contribution is -0.122. The normalized spacial score (nSPS) is 15.3. The molecule has 32 heavy (non-hydrogen) atoms. The largest absolute Gasteiger partial charge is 0.369 e. The number of benzene rings is 1. The maximum atomic E-state index is 13.3. The van der Waals surface area contributed by atoms with Crippen molar-refractivity contribution in [2.75, 3.05) is 18.4 Å². The molecule has 0 atom stereocenters. The monoisotopic (exact) mass is 464 g/mol. The van der Waals surface area contributed by atoms with E-state index in [4.69, 9.17) is 12.2 Å². The number of nitrogens with zero attached hydrogens (tertiary/aromatic N) is 3. The van der Waals surface area contributed by atoms with Gasteiger partial charge in [0.2, 0.25) is 0 Å². The summed E-state index contributed by atoms with van der Waals surface area (Å²) in [4.78, 5) is 32.9. The number of rotatable bonds is 7. The molecule has 3 heterocycles. The SMILES string of the molecule is CC(C)CN1C(=O)/C(=C\c2c(NCCc3ccccc3)nc3ccccn3c2=O)SC1=S. The van der Waals surface area contributed by atoms with E-state index < -0.39 is 0 Å². The van der Waals surface area contributed by atoms with Crippen molar-refractivity contribution in [2.45, 2.75) is 20.3 Å². The van der Waals surface area contributed by atoms with Crippen LogP contribution < -0.4 is 10.9 Å². The summed E-state index contributed by atoms with van der Waals surface area (Å²) in [6.07, 6.45) is 4.09. The highest BCUT2D eigenvalue weighted by Crippen LogP contribution is 2.33. The third-order valence-electron chi connectivity index (χ3n) is 5.01. The van der Waals surface area contributed by atoms with Gasteiger partial charge in [-0.15, -0.1) is 0 Å². The molecule has 1 N–H and O–H groups in total. The van der Waals surface area contributed by atoms with E-state index in [-0.39, 0.29) is 11.5 Å². The van der Waals surface area contributed by atoms with Gasteiger partial charge in [0.15, 0.2) is 0 Å². The lowest BCUT2D eigenvalue weighted by Crippen LogP contribution is -2.31. The molecule has 0 aliphatic carbocycles. The number of pyridine rings is 1. The van der Waals surface area contributed by atoms with E-state index >= 15 is 0 Å². The van der Waals surface area contributed by atoms with Crippen LogP contribution >= 0.6 is 24.0 Å². The van der Waals surface area contributed by atoms with E-state index in [1.165, 1.54) is 21.7 Å². The van der Waals surface area contributed by atoms with E-state index in [1.807, 2.05) is 38.1 Å². The van der Waals surface area contributed by atoms with Gasteiger partial charge in [-0.25, -0.2) is 4.98 Å². The molecular formula is C24H24N4O2S2. The molecule has 1 aliphatic rings. The molecular weight excluding hydrogens is 440 g/mol. The summed E-state index contributed by atoms with van der Waals surface area (Å²) in [6.45, 7) is 5.24. The Balaban J connectivity index is 1.69. The molecule has 0 unspecified atom stereocenters. The quantitative estimate of drug-likeness (QED) is 0.417. The van der Waals surface area contributed by atoms with Crippen LogP contribution in [-0.2, 0) is 11.2 Å². The van der Waals surface area contributed by atoms with Crippen LogP contribution in [0.1, 0.15) is 25.0 Å². The molecule has 1 saturated heterocycles. The van der Waals surface area contributed by atoms with E-state index in [0.717, 1.165) is 6.42 Å². The predicted octanol–water partition coefficient (Wildman–Crippen LogP) is 4.21. The number of fused-ring (bicyclic) bond motifs is 1. The Labute approximate surface area is 196 Å². The third-order valence-corrected chi connectivity index (χ3v) is 6.39. The summed E-state index contributed by atoms with van der Waals surface area (Å²) in [5.41, 5.74) is 1.86. The van der Waals surface area contributed by atoms with Gasteiger partial charge >= 0.3 is 0 Å². The summed E-state index contributed by atoms with van der Waals surface area (Å²) in [6, 6.07) is 15.5. The molecule has 6 nitrogen and oxygen atoms in total. The van der Waals surface area contributed by atoms with Crippen LogP contribution in [-0.4, -0.2) is 37.6 Å². The zero-order chi connectivity index (χ0) is 22.7. The number of carbonyl (C=O) groups excluding carboxylic acids is 1. The lowest BCUT2D eigenvalue weighted by atomic mass is 10.1. The number of amides is 1.